The molecule has 144 valence electrons. The number of aliphatic hydroxyl groups excluding tert-OH is 1. The van der Waals surface area contributed by atoms with Gasteiger partial charge in [0.2, 0.25) is 6.41 Å². The summed E-state index contributed by atoms with van der Waals surface area (Å²) in [4.78, 5) is 25.0. The summed E-state index contributed by atoms with van der Waals surface area (Å²) in [6.45, 7) is 1.67. The second kappa shape index (κ2) is 9.34. The highest BCUT2D eigenvalue weighted by Gasteiger charge is 2.29. The van der Waals surface area contributed by atoms with Gasteiger partial charge in [-0.1, -0.05) is 23.7 Å². The molecule has 0 aliphatic carbocycles. The van der Waals surface area contributed by atoms with Crippen LogP contribution in [0, 0.1) is 5.82 Å². The smallest absolute Gasteiger partial charge is 0.251 e. The standard InChI is InChI=1S/C19H20ClFN2O4/c1-12(23(11-24)16-7-6-15(21)9-17(16)27-2)18(25)19(26)22-10-13-4-3-5-14(20)8-13/h3-9,11-12,18,25H,10H2,1-2H3,(H,22,26). The first-order valence-corrected chi connectivity index (χ1v) is 8.52. The maximum absolute atomic E-state index is 13.4. The van der Waals surface area contributed by atoms with Gasteiger partial charge in [0.15, 0.2) is 6.10 Å². The Bertz CT molecular complexity index is 818. The number of methoxy groups -OCH3 is 1. The normalized spacial score (nSPS) is 12.8. The van der Waals surface area contributed by atoms with E-state index >= 15 is 0 Å². The van der Waals surface area contributed by atoms with Crippen LogP contribution in [-0.2, 0) is 16.1 Å². The minimum Gasteiger partial charge on any atom is -0.494 e. The van der Waals surface area contributed by atoms with Crippen molar-refractivity contribution in [2.24, 2.45) is 0 Å². The number of benzene rings is 2. The number of carbonyl (C=O) groups excluding carboxylic acids is 2. The van der Waals surface area contributed by atoms with Crippen LogP contribution in [0.3, 0.4) is 0 Å². The Kier molecular flexibility index (Phi) is 7.15. The van der Waals surface area contributed by atoms with Gasteiger partial charge in [-0.2, -0.15) is 0 Å². The molecule has 0 aliphatic heterocycles. The molecule has 2 N–H and O–H groups in total. The number of nitrogens with one attached hydrogen (secondary N) is 1. The molecule has 0 aromatic heterocycles. The highest BCUT2D eigenvalue weighted by atomic mass is 35.5. The van der Waals surface area contributed by atoms with Gasteiger partial charge in [-0.25, -0.2) is 4.39 Å². The van der Waals surface area contributed by atoms with Crippen molar-refractivity contribution in [2.75, 3.05) is 12.0 Å². The lowest BCUT2D eigenvalue weighted by Crippen LogP contribution is -2.49. The quantitative estimate of drug-likeness (QED) is 0.674. The van der Waals surface area contributed by atoms with Crippen molar-refractivity contribution in [1.82, 2.24) is 5.32 Å². The number of hydrogen-bond donors (Lipinski definition) is 2. The first-order valence-electron chi connectivity index (χ1n) is 8.14. The second-order valence-electron chi connectivity index (χ2n) is 5.86. The number of rotatable bonds is 8. The lowest BCUT2D eigenvalue weighted by Gasteiger charge is -2.29. The van der Waals surface area contributed by atoms with Crippen molar-refractivity contribution >= 4 is 29.6 Å². The van der Waals surface area contributed by atoms with Crippen LogP contribution in [0.25, 0.3) is 0 Å². The molecule has 2 aromatic carbocycles. The fourth-order valence-corrected chi connectivity index (χ4v) is 2.76. The Morgan fingerprint density at radius 2 is 2.11 bits per heavy atom. The average Bonchev–Trinajstić information content (AvgIpc) is 2.66. The maximum Gasteiger partial charge on any atom is 0.251 e. The van der Waals surface area contributed by atoms with Gasteiger partial charge < -0.3 is 20.1 Å². The zero-order valence-electron chi connectivity index (χ0n) is 14.9. The number of halogens is 2. The molecule has 8 heteroatoms. The van der Waals surface area contributed by atoms with Gasteiger partial charge in [0.1, 0.15) is 11.6 Å². The Labute approximate surface area is 161 Å². The van der Waals surface area contributed by atoms with Crippen LogP contribution in [0.2, 0.25) is 5.02 Å². The first kappa shape index (κ1) is 20.7. The molecule has 2 atom stereocenters. The van der Waals surface area contributed by atoms with Crippen molar-refractivity contribution in [1.29, 1.82) is 0 Å². The SMILES string of the molecule is COc1cc(F)ccc1N(C=O)C(C)C(O)C(=O)NCc1cccc(Cl)c1. The number of ether oxygens (including phenoxy) is 1. The summed E-state index contributed by atoms with van der Waals surface area (Å²) >= 11 is 5.89. The van der Waals surface area contributed by atoms with E-state index in [0.717, 1.165) is 22.6 Å². The molecule has 6 nitrogen and oxygen atoms in total. The summed E-state index contributed by atoms with van der Waals surface area (Å²) < 4.78 is 18.5. The fraction of sp³-hybridized carbons (Fsp3) is 0.263. The summed E-state index contributed by atoms with van der Waals surface area (Å²) in [6, 6.07) is 9.63. The van der Waals surface area contributed by atoms with Crippen molar-refractivity contribution in [3.63, 3.8) is 0 Å². The Morgan fingerprint density at radius 1 is 1.37 bits per heavy atom. The molecule has 0 heterocycles. The summed E-state index contributed by atoms with van der Waals surface area (Å²) in [5.74, 6) is -1.08. The van der Waals surface area contributed by atoms with E-state index in [1.807, 2.05) is 0 Å². The lowest BCUT2D eigenvalue weighted by atomic mass is 10.1. The van der Waals surface area contributed by atoms with Crippen LogP contribution < -0.4 is 15.0 Å². The molecule has 0 saturated carbocycles. The molecule has 0 bridgehead atoms. The van der Waals surface area contributed by atoms with Crippen LogP contribution in [0.4, 0.5) is 10.1 Å². The van der Waals surface area contributed by atoms with Crippen molar-refractivity contribution in [3.8, 4) is 5.75 Å². The van der Waals surface area contributed by atoms with Crippen molar-refractivity contribution in [3.05, 3.63) is 58.9 Å². The molecule has 0 aliphatic rings. The summed E-state index contributed by atoms with van der Waals surface area (Å²) in [7, 11) is 1.33. The van der Waals surface area contributed by atoms with Gasteiger partial charge in [0, 0.05) is 17.6 Å². The number of nitrogens with zero attached hydrogens (tertiary/aromatic N) is 1. The topological polar surface area (TPSA) is 78.9 Å². The van der Waals surface area contributed by atoms with E-state index in [0.29, 0.717) is 11.4 Å². The number of carbonyl (C=O) groups is 2. The molecule has 0 radical (unpaired) electrons. The summed E-state index contributed by atoms with van der Waals surface area (Å²) in [6.07, 6.45) is -1.06. The predicted molar refractivity (Wildman–Crippen MR) is 100 cm³/mol. The van der Waals surface area contributed by atoms with E-state index in [4.69, 9.17) is 16.3 Å². The van der Waals surface area contributed by atoms with Gasteiger partial charge >= 0.3 is 0 Å². The molecule has 0 spiro atoms. The van der Waals surface area contributed by atoms with Gasteiger partial charge in [0.05, 0.1) is 18.8 Å². The van der Waals surface area contributed by atoms with E-state index in [2.05, 4.69) is 5.32 Å². The van der Waals surface area contributed by atoms with Gasteiger partial charge in [0.25, 0.3) is 5.91 Å². The predicted octanol–water partition coefficient (Wildman–Crippen LogP) is 2.52. The fourth-order valence-electron chi connectivity index (χ4n) is 2.55. The largest absolute Gasteiger partial charge is 0.494 e. The van der Waals surface area contributed by atoms with E-state index in [1.54, 1.807) is 24.3 Å². The summed E-state index contributed by atoms with van der Waals surface area (Å²) in [5.41, 5.74) is 1.01. The highest BCUT2D eigenvalue weighted by Crippen LogP contribution is 2.30. The third-order valence-electron chi connectivity index (χ3n) is 4.05. The third-order valence-corrected chi connectivity index (χ3v) is 4.29. The molecule has 2 unspecified atom stereocenters. The first-order chi connectivity index (χ1) is 12.9. The van der Waals surface area contributed by atoms with Crippen LogP contribution in [0.15, 0.2) is 42.5 Å². The Hall–Kier alpha value is -2.64. The maximum atomic E-state index is 13.4. The lowest BCUT2D eigenvalue weighted by molar-refractivity contribution is -0.130. The van der Waals surface area contributed by atoms with Gasteiger partial charge in [-0.05, 0) is 36.8 Å². The number of hydrogen-bond acceptors (Lipinski definition) is 4. The molecular weight excluding hydrogens is 375 g/mol. The zero-order chi connectivity index (χ0) is 20.0. The molecule has 0 fully saturated rings. The average molecular weight is 395 g/mol. The summed E-state index contributed by atoms with van der Waals surface area (Å²) in [5, 5.41) is 13.5. The monoisotopic (exact) mass is 394 g/mol. The van der Waals surface area contributed by atoms with E-state index in [1.165, 1.54) is 20.1 Å². The van der Waals surface area contributed by atoms with Gasteiger partial charge in [-0.15, -0.1) is 0 Å². The Morgan fingerprint density at radius 3 is 2.74 bits per heavy atom. The van der Waals surface area contributed by atoms with Gasteiger partial charge in [-0.3, -0.25) is 9.59 Å². The van der Waals surface area contributed by atoms with Crippen molar-refractivity contribution < 1.29 is 23.8 Å². The van der Waals surface area contributed by atoms with Crippen molar-refractivity contribution in [2.45, 2.75) is 25.6 Å². The molecule has 2 rings (SSSR count). The molecular formula is C19H20ClFN2O4. The van der Waals surface area contributed by atoms with E-state index in [9.17, 15) is 19.1 Å². The van der Waals surface area contributed by atoms with E-state index < -0.39 is 23.9 Å². The van der Waals surface area contributed by atoms with Crippen LogP contribution in [-0.4, -0.2) is 36.7 Å². The zero-order valence-corrected chi connectivity index (χ0v) is 15.6. The number of aliphatic hydroxyl groups is 1. The number of anilines is 1. The minimum absolute atomic E-state index is 0.112. The number of amides is 2. The molecule has 0 saturated heterocycles. The van der Waals surface area contributed by atoms with Crippen LogP contribution in [0.5, 0.6) is 5.75 Å². The Balaban J connectivity index is 2.10. The molecule has 2 aromatic rings. The minimum atomic E-state index is -1.51. The molecule has 2 amide bonds. The second-order valence-corrected chi connectivity index (χ2v) is 6.30. The third kappa shape index (κ3) is 5.18. The molecule has 27 heavy (non-hydrogen) atoms. The van der Waals surface area contributed by atoms with E-state index in [-0.39, 0.29) is 18.0 Å². The van der Waals surface area contributed by atoms with Crippen LogP contribution in [0.1, 0.15) is 12.5 Å². The van der Waals surface area contributed by atoms with Crippen LogP contribution >= 0.6 is 11.6 Å². The highest BCUT2D eigenvalue weighted by molar-refractivity contribution is 6.30.